The number of hydrazine groups is 1. The maximum Gasteiger partial charge on any atom is 0.286 e. The molecule has 60 valence electrons. The van der Waals surface area contributed by atoms with Crippen molar-refractivity contribution in [3.63, 3.8) is 0 Å². The van der Waals surface area contributed by atoms with Gasteiger partial charge in [-0.1, -0.05) is 0 Å². The van der Waals surface area contributed by atoms with Crippen LogP contribution in [0.5, 0.6) is 0 Å². The van der Waals surface area contributed by atoms with Gasteiger partial charge in [0.25, 0.3) is 5.91 Å². The molecule has 1 aromatic heterocycles. The Balaban J connectivity index is 3.10. The number of halogens is 1. The van der Waals surface area contributed by atoms with E-state index in [2.05, 4.69) is 5.10 Å². The lowest BCUT2D eigenvalue weighted by atomic mass is 10.4. The average Bonchev–Trinajstić information content (AvgIpc) is 2.30. The van der Waals surface area contributed by atoms with Crippen molar-refractivity contribution < 1.29 is 9.18 Å². The van der Waals surface area contributed by atoms with Gasteiger partial charge in [0, 0.05) is 7.05 Å². The summed E-state index contributed by atoms with van der Waals surface area (Å²) in [5.41, 5.74) is 1.64. The van der Waals surface area contributed by atoms with E-state index < -0.39 is 11.7 Å². The average molecular weight is 158 g/mol. The second-order valence-electron chi connectivity index (χ2n) is 1.94. The molecule has 11 heavy (non-hydrogen) atoms. The first-order valence-corrected chi connectivity index (χ1v) is 2.85. The lowest BCUT2D eigenvalue weighted by Gasteiger charge is -1.98. The van der Waals surface area contributed by atoms with Gasteiger partial charge in [0.1, 0.15) is 0 Å². The van der Waals surface area contributed by atoms with E-state index in [4.69, 9.17) is 5.84 Å². The van der Waals surface area contributed by atoms with E-state index in [-0.39, 0.29) is 5.69 Å². The summed E-state index contributed by atoms with van der Waals surface area (Å²) in [6.07, 6.45) is 0.949. The zero-order chi connectivity index (χ0) is 8.43. The highest BCUT2D eigenvalue weighted by atomic mass is 19.1. The molecule has 0 aromatic carbocycles. The third-order valence-electron chi connectivity index (χ3n) is 1.24. The maximum absolute atomic E-state index is 12.6. The van der Waals surface area contributed by atoms with Crippen LogP contribution in [0.2, 0.25) is 0 Å². The number of nitrogens with zero attached hydrogens (tertiary/aromatic N) is 2. The summed E-state index contributed by atoms with van der Waals surface area (Å²) >= 11 is 0. The van der Waals surface area contributed by atoms with Gasteiger partial charge in [-0.15, -0.1) is 0 Å². The molecular weight excluding hydrogens is 151 g/mol. The van der Waals surface area contributed by atoms with Crippen LogP contribution >= 0.6 is 0 Å². The van der Waals surface area contributed by atoms with Crippen molar-refractivity contribution in [2.24, 2.45) is 12.9 Å². The van der Waals surface area contributed by atoms with E-state index >= 15 is 0 Å². The highest BCUT2D eigenvalue weighted by Gasteiger charge is 2.14. The van der Waals surface area contributed by atoms with Crippen LogP contribution in [0, 0.1) is 5.82 Å². The molecule has 0 spiro atoms. The fourth-order valence-electron chi connectivity index (χ4n) is 0.735. The number of amides is 1. The van der Waals surface area contributed by atoms with Crippen molar-refractivity contribution >= 4 is 5.91 Å². The van der Waals surface area contributed by atoms with Crippen LogP contribution in [-0.4, -0.2) is 15.7 Å². The molecule has 1 aromatic rings. The number of carbonyl (C=O) groups excluding carboxylic acids is 1. The van der Waals surface area contributed by atoms with Gasteiger partial charge in [-0.3, -0.25) is 14.9 Å². The molecule has 1 heterocycles. The number of hydrogen-bond donors (Lipinski definition) is 2. The number of carbonyl (C=O) groups is 1. The minimum absolute atomic E-state index is 0.174. The van der Waals surface area contributed by atoms with Crippen LogP contribution in [-0.2, 0) is 7.05 Å². The first kappa shape index (κ1) is 7.67. The highest BCUT2D eigenvalue weighted by Crippen LogP contribution is 2.02. The van der Waals surface area contributed by atoms with Gasteiger partial charge in [-0.25, -0.2) is 10.2 Å². The van der Waals surface area contributed by atoms with Gasteiger partial charge in [0.2, 0.25) is 0 Å². The van der Waals surface area contributed by atoms with Gasteiger partial charge < -0.3 is 0 Å². The first-order valence-electron chi connectivity index (χ1n) is 2.85. The third kappa shape index (κ3) is 1.20. The summed E-state index contributed by atoms with van der Waals surface area (Å²) < 4.78 is 13.8. The number of nitrogens with two attached hydrogens (primary N) is 1. The zero-order valence-electron chi connectivity index (χ0n) is 5.84. The molecule has 1 rings (SSSR count). The molecule has 0 aliphatic heterocycles. The van der Waals surface area contributed by atoms with Crippen LogP contribution in [0.4, 0.5) is 4.39 Å². The van der Waals surface area contributed by atoms with Crippen LogP contribution in [0.25, 0.3) is 0 Å². The molecule has 0 saturated carbocycles. The molecule has 0 atom stereocenters. The quantitative estimate of drug-likeness (QED) is 0.318. The number of aryl methyl sites for hydroxylation is 1. The molecule has 0 radical (unpaired) electrons. The predicted octanol–water partition coefficient (Wildman–Crippen LogP) is -0.837. The van der Waals surface area contributed by atoms with E-state index in [9.17, 15) is 9.18 Å². The summed E-state index contributed by atoms with van der Waals surface area (Å²) in [7, 11) is 1.45. The molecule has 6 heteroatoms. The van der Waals surface area contributed by atoms with E-state index in [0.29, 0.717) is 0 Å². The third-order valence-corrected chi connectivity index (χ3v) is 1.24. The minimum atomic E-state index is -0.692. The Morgan fingerprint density at radius 2 is 2.55 bits per heavy atom. The minimum Gasteiger partial charge on any atom is -0.289 e. The molecular formula is C5H7FN4O. The topological polar surface area (TPSA) is 72.9 Å². The number of aromatic nitrogens is 2. The lowest BCUT2D eigenvalue weighted by Crippen LogP contribution is -2.32. The van der Waals surface area contributed by atoms with E-state index in [1.54, 1.807) is 0 Å². The Morgan fingerprint density at radius 1 is 1.91 bits per heavy atom. The van der Waals surface area contributed by atoms with Crippen LogP contribution < -0.4 is 11.3 Å². The van der Waals surface area contributed by atoms with E-state index in [0.717, 1.165) is 10.9 Å². The number of hydrogen-bond acceptors (Lipinski definition) is 3. The Hall–Kier alpha value is -1.43. The summed E-state index contributed by atoms with van der Waals surface area (Å²) in [6, 6.07) is 0. The van der Waals surface area contributed by atoms with Crippen molar-refractivity contribution in [3.8, 4) is 0 Å². The first-order chi connectivity index (χ1) is 5.16. The second-order valence-corrected chi connectivity index (χ2v) is 1.94. The van der Waals surface area contributed by atoms with Gasteiger partial charge in [-0.2, -0.15) is 5.10 Å². The monoisotopic (exact) mass is 158 g/mol. The second kappa shape index (κ2) is 2.67. The summed E-state index contributed by atoms with van der Waals surface area (Å²) in [6.45, 7) is 0. The van der Waals surface area contributed by atoms with Gasteiger partial charge >= 0.3 is 0 Å². The van der Waals surface area contributed by atoms with E-state index in [1.807, 2.05) is 5.43 Å². The summed E-state index contributed by atoms with van der Waals surface area (Å²) in [4.78, 5) is 10.8. The molecule has 0 saturated heterocycles. The van der Waals surface area contributed by atoms with Crippen molar-refractivity contribution in [2.75, 3.05) is 0 Å². The smallest absolute Gasteiger partial charge is 0.286 e. The highest BCUT2D eigenvalue weighted by molar-refractivity contribution is 5.92. The van der Waals surface area contributed by atoms with Crippen LogP contribution in [0.3, 0.4) is 0 Å². The number of rotatable bonds is 1. The molecule has 3 N–H and O–H groups in total. The van der Waals surface area contributed by atoms with Crippen molar-refractivity contribution in [2.45, 2.75) is 0 Å². The Labute approximate surface area is 62.0 Å². The molecule has 0 aliphatic carbocycles. The maximum atomic E-state index is 12.6. The number of nitrogens with one attached hydrogen (secondary N) is 1. The Morgan fingerprint density at radius 3 is 2.91 bits per heavy atom. The molecule has 0 bridgehead atoms. The predicted molar refractivity (Wildman–Crippen MR) is 34.8 cm³/mol. The van der Waals surface area contributed by atoms with Crippen molar-refractivity contribution in [1.29, 1.82) is 0 Å². The Kier molecular flexibility index (Phi) is 1.86. The van der Waals surface area contributed by atoms with Gasteiger partial charge in [-0.05, 0) is 0 Å². The normalized spacial score (nSPS) is 9.73. The number of nitrogen functional groups attached to an aromatic ring is 1. The molecule has 0 aliphatic rings. The lowest BCUT2D eigenvalue weighted by molar-refractivity contribution is 0.0940. The summed E-state index contributed by atoms with van der Waals surface area (Å²) in [5, 5.41) is 3.51. The van der Waals surface area contributed by atoms with Gasteiger partial charge in [0.05, 0.1) is 6.20 Å². The SMILES string of the molecule is Cn1ncc(F)c1C(=O)NN. The molecule has 1 amide bonds. The van der Waals surface area contributed by atoms with Crippen molar-refractivity contribution in [1.82, 2.24) is 15.2 Å². The Bertz CT molecular complexity index is 263. The standard InChI is InChI=1S/C5H7FN4O/c1-10-4(5(11)9-7)3(6)2-8-10/h2H,7H2,1H3,(H,9,11). The largest absolute Gasteiger partial charge is 0.289 e. The molecule has 0 fully saturated rings. The molecule has 0 unspecified atom stereocenters. The fourth-order valence-corrected chi connectivity index (χ4v) is 0.735. The zero-order valence-corrected chi connectivity index (χ0v) is 5.84. The van der Waals surface area contributed by atoms with Crippen molar-refractivity contribution in [3.05, 3.63) is 17.7 Å². The molecule has 5 nitrogen and oxygen atoms in total. The van der Waals surface area contributed by atoms with E-state index in [1.165, 1.54) is 7.05 Å². The fraction of sp³-hybridized carbons (Fsp3) is 0.200. The van der Waals surface area contributed by atoms with Crippen LogP contribution in [0.15, 0.2) is 6.20 Å². The van der Waals surface area contributed by atoms with Crippen LogP contribution in [0.1, 0.15) is 10.5 Å². The van der Waals surface area contributed by atoms with Gasteiger partial charge in [0.15, 0.2) is 11.5 Å². The summed E-state index contributed by atoms with van der Waals surface area (Å²) in [5.74, 6) is 3.42.